The maximum Gasteiger partial charge on any atom is 0.319 e. The van der Waals surface area contributed by atoms with Crippen LogP contribution in [0.15, 0.2) is 24.3 Å². The highest BCUT2D eigenvalue weighted by Gasteiger charge is 2.07. The highest BCUT2D eigenvalue weighted by atomic mass is 16.2. The van der Waals surface area contributed by atoms with Gasteiger partial charge < -0.3 is 10.6 Å². The van der Waals surface area contributed by atoms with E-state index in [1.54, 1.807) is 24.3 Å². The molecule has 2 amide bonds. The van der Waals surface area contributed by atoms with Crippen LogP contribution in [0, 0.1) is 5.92 Å². The molecule has 1 aromatic rings. The summed E-state index contributed by atoms with van der Waals surface area (Å²) >= 11 is 0. The van der Waals surface area contributed by atoms with Gasteiger partial charge in [-0.3, -0.25) is 4.79 Å². The Morgan fingerprint density at radius 2 is 1.89 bits per heavy atom. The molecule has 0 aliphatic rings. The summed E-state index contributed by atoms with van der Waals surface area (Å²) < 4.78 is 0. The second kappa shape index (κ2) is 7.56. The van der Waals surface area contributed by atoms with Crippen molar-refractivity contribution >= 4 is 17.5 Å². The highest BCUT2D eigenvalue weighted by Crippen LogP contribution is 2.11. The minimum absolute atomic E-state index is 0.0129. The molecule has 1 rings (SSSR count). The molecule has 0 heterocycles. The van der Waals surface area contributed by atoms with Crippen LogP contribution in [0.25, 0.3) is 0 Å². The van der Waals surface area contributed by atoms with E-state index in [9.17, 15) is 9.59 Å². The van der Waals surface area contributed by atoms with E-state index in [-0.39, 0.29) is 11.8 Å². The van der Waals surface area contributed by atoms with Crippen molar-refractivity contribution in [1.82, 2.24) is 5.32 Å². The molecule has 0 bridgehead atoms. The first kappa shape index (κ1) is 15.2. The van der Waals surface area contributed by atoms with Gasteiger partial charge in [0.2, 0.25) is 0 Å². The van der Waals surface area contributed by atoms with Crippen LogP contribution in [0.1, 0.15) is 44.0 Å². The average molecular weight is 262 g/mol. The van der Waals surface area contributed by atoms with Crippen molar-refractivity contribution in [2.45, 2.75) is 33.6 Å². The lowest BCUT2D eigenvalue weighted by molar-refractivity contribution is 0.101. The smallest absolute Gasteiger partial charge is 0.319 e. The van der Waals surface area contributed by atoms with Crippen LogP contribution in [0.3, 0.4) is 0 Å². The van der Waals surface area contributed by atoms with E-state index in [2.05, 4.69) is 24.5 Å². The van der Waals surface area contributed by atoms with Crippen molar-refractivity contribution in [3.05, 3.63) is 29.8 Å². The summed E-state index contributed by atoms with van der Waals surface area (Å²) in [5.74, 6) is 0.496. The van der Waals surface area contributed by atoms with Crippen LogP contribution in [0.5, 0.6) is 0 Å². The molecule has 4 heteroatoms. The number of urea groups is 1. The number of amides is 2. The second-order valence-electron chi connectivity index (χ2n) is 4.65. The van der Waals surface area contributed by atoms with E-state index in [1.165, 1.54) is 6.92 Å². The van der Waals surface area contributed by atoms with Crippen molar-refractivity contribution in [3.63, 3.8) is 0 Å². The zero-order valence-corrected chi connectivity index (χ0v) is 11.8. The van der Waals surface area contributed by atoms with Gasteiger partial charge in [-0.25, -0.2) is 4.79 Å². The maximum absolute atomic E-state index is 11.7. The molecule has 4 nitrogen and oxygen atoms in total. The summed E-state index contributed by atoms with van der Waals surface area (Å²) in [5.41, 5.74) is 1.23. The molecule has 104 valence electrons. The largest absolute Gasteiger partial charge is 0.338 e. The van der Waals surface area contributed by atoms with Gasteiger partial charge >= 0.3 is 6.03 Å². The molecule has 0 aromatic heterocycles. The van der Waals surface area contributed by atoms with Crippen LogP contribution < -0.4 is 10.6 Å². The minimum atomic E-state index is -0.229. The first-order valence-corrected chi connectivity index (χ1v) is 6.72. The van der Waals surface area contributed by atoms with Gasteiger partial charge in [0.15, 0.2) is 5.78 Å². The Morgan fingerprint density at radius 1 is 1.21 bits per heavy atom. The Bertz CT molecular complexity index is 440. The molecule has 0 spiro atoms. The van der Waals surface area contributed by atoms with Crippen molar-refractivity contribution in [1.29, 1.82) is 0 Å². The number of carbonyl (C=O) groups is 2. The third kappa shape index (κ3) is 5.12. The molecule has 0 aliphatic carbocycles. The summed E-state index contributed by atoms with van der Waals surface area (Å²) in [4.78, 5) is 23.0. The molecule has 0 saturated carbocycles. The molecule has 0 radical (unpaired) electrons. The van der Waals surface area contributed by atoms with Crippen LogP contribution in [-0.4, -0.2) is 18.4 Å². The number of benzene rings is 1. The van der Waals surface area contributed by atoms with Crippen molar-refractivity contribution in [2.75, 3.05) is 11.9 Å². The van der Waals surface area contributed by atoms with E-state index in [4.69, 9.17) is 0 Å². The number of anilines is 1. The zero-order chi connectivity index (χ0) is 14.3. The summed E-state index contributed by atoms with van der Waals surface area (Å²) in [6.07, 6.45) is 2.10. The van der Waals surface area contributed by atoms with Gasteiger partial charge in [-0.1, -0.05) is 38.8 Å². The van der Waals surface area contributed by atoms with Crippen molar-refractivity contribution in [3.8, 4) is 0 Å². The number of hydrogen-bond donors (Lipinski definition) is 2. The number of carbonyl (C=O) groups excluding carboxylic acids is 2. The lowest BCUT2D eigenvalue weighted by Crippen LogP contribution is -2.32. The fourth-order valence-corrected chi connectivity index (χ4v) is 1.81. The van der Waals surface area contributed by atoms with Gasteiger partial charge in [-0.05, 0) is 25.0 Å². The SMILES string of the molecule is CCC(CC)CNC(=O)Nc1cccc(C(C)=O)c1. The highest BCUT2D eigenvalue weighted by molar-refractivity contribution is 5.96. The standard InChI is InChI=1S/C15H22N2O2/c1-4-12(5-2)10-16-15(19)17-14-8-6-7-13(9-14)11(3)18/h6-9,12H,4-5,10H2,1-3H3,(H2,16,17,19). The molecule has 0 unspecified atom stereocenters. The second-order valence-corrected chi connectivity index (χ2v) is 4.65. The molecule has 1 aromatic carbocycles. The predicted octanol–water partition coefficient (Wildman–Crippen LogP) is 3.45. The van der Waals surface area contributed by atoms with Crippen LogP contribution in [-0.2, 0) is 0 Å². The Hall–Kier alpha value is -1.84. The van der Waals surface area contributed by atoms with Gasteiger partial charge in [0.05, 0.1) is 0 Å². The van der Waals surface area contributed by atoms with Gasteiger partial charge in [0.25, 0.3) is 0 Å². The Labute approximate surface area is 114 Å². The summed E-state index contributed by atoms with van der Waals surface area (Å²) in [6.45, 7) is 6.41. The van der Waals surface area contributed by atoms with E-state index < -0.39 is 0 Å². The number of hydrogen-bond acceptors (Lipinski definition) is 2. The van der Waals surface area contributed by atoms with Gasteiger partial charge in [0.1, 0.15) is 0 Å². The monoisotopic (exact) mass is 262 g/mol. The zero-order valence-electron chi connectivity index (χ0n) is 11.8. The Balaban J connectivity index is 2.52. The summed E-state index contributed by atoms with van der Waals surface area (Å²) in [6, 6.07) is 6.71. The van der Waals surface area contributed by atoms with Crippen LogP contribution >= 0.6 is 0 Å². The molecule has 0 fully saturated rings. The van der Waals surface area contributed by atoms with Crippen molar-refractivity contribution in [2.24, 2.45) is 5.92 Å². The molecular weight excluding hydrogens is 240 g/mol. The fraction of sp³-hybridized carbons (Fsp3) is 0.467. The minimum Gasteiger partial charge on any atom is -0.338 e. The third-order valence-corrected chi connectivity index (χ3v) is 3.23. The number of rotatable bonds is 6. The topological polar surface area (TPSA) is 58.2 Å². The molecule has 0 saturated heterocycles. The van der Waals surface area contributed by atoms with Crippen LogP contribution in [0.4, 0.5) is 10.5 Å². The first-order valence-electron chi connectivity index (χ1n) is 6.72. The summed E-state index contributed by atoms with van der Waals surface area (Å²) in [7, 11) is 0. The average Bonchev–Trinajstić information content (AvgIpc) is 2.40. The van der Waals surface area contributed by atoms with Gasteiger partial charge in [0, 0.05) is 17.8 Å². The van der Waals surface area contributed by atoms with E-state index in [0.717, 1.165) is 12.8 Å². The molecule has 19 heavy (non-hydrogen) atoms. The normalized spacial score (nSPS) is 10.3. The van der Waals surface area contributed by atoms with E-state index in [1.807, 2.05) is 0 Å². The fourth-order valence-electron chi connectivity index (χ4n) is 1.81. The molecular formula is C15H22N2O2. The Morgan fingerprint density at radius 3 is 2.47 bits per heavy atom. The molecule has 0 aliphatic heterocycles. The Kier molecular flexibility index (Phi) is 6.06. The van der Waals surface area contributed by atoms with E-state index in [0.29, 0.717) is 23.7 Å². The lowest BCUT2D eigenvalue weighted by atomic mass is 10.0. The third-order valence-electron chi connectivity index (χ3n) is 3.23. The van der Waals surface area contributed by atoms with Crippen LogP contribution in [0.2, 0.25) is 0 Å². The summed E-state index contributed by atoms with van der Waals surface area (Å²) in [5, 5.41) is 5.59. The number of ketones is 1. The maximum atomic E-state index is 11.7. The first-order chi connectivity index (χ1) is 9.06. The molecule has 0 atom stereocenters. The quantitative estimate of drug-likeness (QED) is 0.771. The lowest BCUT2D eigenvalue weighted by Gasteiger charge is -2.14. The molecule has 2 N–H and O–H groups in total. The van der Waals surface area contributed by atoms with Crippen molar-refractivity contribution < 1.29 is 9.59 Å². The number of nitrogens with one attached hydrogen (secondary N) is 2. The van der Waals surface area contributed by atoms with E-state index >= 15 is 0 Å². The van der Waals surface area contributed by atoms with Gasteiger partial charge in [-0.2, -0.15) is 0 Å². The predicted molar refractivity (Wildman–Crippen MR) is 77.5 cm³/mol. The number of Topliss-reactive ketones (excluding diaryl/α,β-unsaturated/α-hetero) is 1. The van der Waals surface area contributed by atoms with Gasteiger partial charge in [-0.15, -0.1) is 0 Å².